The second kappa shape index (κ2) is 11.8. The lowest BCUT2D eigenvalue weighted by atomic mass is 10.2. The van der Waals surface area contributed by atoms with Gasteiger partial charge in [-0.2, -0.15) is 0 Å². The van der Waals surface area contributed by atoms with Crippen LogP contribution in [0.25, 0.3) is 0 Å². The Labute approximate surface area is 177 Å². The molecule has 0 aliphatic rings. The van der Waals surface area contributed by atoms with E-state index in [1.165, 1.54) is 7.11 Å². The van der Waals surface area contributed by atoms with Gasteiger partial charge >= 0.3 is 6.09 Å². The topological polar surface area (TPSA) is 106 Å². The van der Waals surface area contributed by atoms with Crippen molar-refractivity contribution in [2.45, 2.75) is 6.42 Å². The number of hydrogen-bond acceptors (Lipinski definition) is 5. The molecule has 154 valence electrons. The molecule has 0 radical (unpaired) electrons. The zero-order chi connectivity index (χ0) is 21.1. The SMILES string of the molecule is COCCOC(=O)Nc1cccc(NC(=O)CCNC(=O)c2ccc(Br)cc2)c1. The molecule has 2 rings (SSSR count). The molecule has 0 bridgehead atoms. The predicted octanol–water partition coefficient (Wildman–Crippen LogP) is 3.40. The van der Waals surface area contributed by atoms with E-state index in [4.69, 9.17) is 9.47 Å². The lowest BCUT2D eigenvalue weighted by Crippen LogP contribution is -2.27. The Morgan fingerprint density at radius 3 is 2.34 bits per heavy atom. The van der Waals surface area contributed by atoms with Gasteiger partial charge in [0.2, 0.25) is 5.91 Å². The Hall–Kier alpha value is -2.91. The van der Waals surface area contributed by atoms with Crippen molar-refractivity contribution >= 4 is 45.2 Å². The molecule has 0 unspecified atom stereocenters. The number of carbonyl (C=O) groups excluding carboxylic acids is 3. The summed E-state index contributed by atoms with van der Waals surface area (Å²) < 4.78 is 10.6. The molecule has 2 aromatic rings. The van der Waals surface area contributed by atoms with Crippen LogP contribution in [-0.4, -0.2) is 44.8 Å². The summed E-state index contributed by atoms with van der Waals surface area (Å²) in [5.41, 5.74) is 1.52. The Kier molecular flexibility index (Phi) is 9.13. The molecule has 8 nitrogen and oxygen atoms in total. The second-order valence-corrected chi connectivity index (χ2v) is 6.81. The number of nitrogens with one attached hydrogen (secondary N) is 3. The first-order valence-corrected chi connectivity index (χ1v) is 9.63. The van der Waals surface area contributed by atoms with Gasteiger partial charge in [-0.15, -0.1) is 0 Å². The molecular weight excluding hydrogens is 442 g/mol. The van der Waals surface area contributed by atoms with Gasteiger partial charge in [0.15, 0.2) is 0 Å². The Bertz CT molecular complexity index is 842. The molecule has 0 saturated carbocycles. The van der Waals surface area contributed by atoms with Gasteiger partial charge in [-0.25, -0.2) is 4.79 Å². The van der Waals surface area contributed by atoms with Gasteiger partial charge in [-0.05, 0) is 42.5 Å². The van der Waals surface area contributed by atoms with Crippen LogP contribution in [-0.2, 0) is 14.3 Å². The molecule has 3 amide bonds. The number of carbonyl (C=O) groups is 3. The van der Waals surface area contributed by atoms with Crippen LogP contribution < -0.4 is 16.0 Å². The zero-order valence-electron chi connectivity index (χ0n) is 15.9. The van der Waals surface area contributed by atoms with Crippen molar-refractivity contribution in [3.8, 4) is 0 Å². The molecule has 0 heterocycles. The zero-order valence-corrected chi connectivity index (χ0v) is 17.5. The van der Waals surface area contributed by atoms with E-state index in [0.717, 1.165) is 4.47 Å². The monoisotopic (exact) mass is 463 g/mol. The summed E-state index contributed by atoms with van der Waals surface area (Å²) in [5.74, 6) is -0.510. The number of ether oxygens (including phenoxy) is 2. The van der Waals surface area contributed by atoms with Gasteiger partial charge in [-0.1, -0.05) is 22.0 Å². The third kappa shape index (κ3) is 8.32. The summed E-state index contributed by atoms with van der Waals surface area (Å²) in [5, 5.41) is 7.98. The molecule has 0 fully saturated rings. The van der Waals surface area contributed by atoms with Crippen LogP contribution in [0.3, 0.4) is 0 Å². The Morgan fingerprint density at radius 1 is 0.966 bits per heavy atom. The maximum Gasteiger partial charge on any atom is 0.411 e. The minimum atomic E-state index is -0.610. The number of hydrogen-bond donors (Lipinski definition) is 3. The van der Waals surface area contributed by atoms with Crippen LogP contribution in [0.5, 0.6) is 0 Å². The highest BCUT2D eigenvalue weighted by Crippen LogP contribution is 2.15. The summed E-state index contributed by atoms with van der Waals surface area (Å²) in [6, 6.07) is 13.6. The number of amides is 3. The van der Waals surface area contributed by atoms with Crippen molar-refractivity contribution < 1.29 is 23.9 Å². The van der Waals surface area contributed by atoms with Gasteiger partial charge in [0, 0.05) is 41.5 Å². The maximum atomic E-state index is 12.1. The molecule has 29 heavy (non-hydrogen) atoms. The van der Waals surface area contributed by atoms with Crippen molar-refractivity contribution in [1.82, 2.24) is 5.32 Å². The number of rotatable bonds is 9. The largest absolute Gasteiger partial charge is 0.447 e. The van der Waals surface area contributed by atoms with Crippen LogP contribution in [0.15, 0.2) is 53.0 Å². The molecule has 0 aliphatic heterocycles. The van der Waals surface area contributed by atoms with Gasteiger partial charge < -0.3 is 20.1 Å². The summed E-state index contributed by atoms with van der Waals surface area (Å²) in [6.07, 6.45) is -0.500. The van der Waals surface area contributed by atoms with Crippen LogP contribution >= 0.6 is 15.9 Å². The smallest absolute Gasteiger partial charge is 0.411 e. The van der Waals surface area contributed by atoms with E-state index in [2.05, 4.69) is 31.9 Å². The first-order valence-electron chi connectivity index (χ1n) is 8.84. The summed E-state index contributed by atoms with van der Waals surface area (Å²) >= 11 is 3.31. The average molecular weight is 464 g/mol. The molecule has 3 N–H and O–H groups in total. The summed E-state index contributed by atoms with van der Waals surface area (Å²) in [6.45, 7) is 0.650. The summed E-state index contributed by atoms with van der Waals surface area (Å²) in [7, 11) is 1.51. The first kappa shape index (κ1) is 22.4. The van der Waals surface area contributed by atoms with Crippen LogP contribution in [0.2, 0.25) is 0 Å². The van der Waals surface area contributed by atoms with Crippen LogP contribution in [0.1, 0.15) is 16.8 Å². The molecule has 0 aliphatic carbocycles. The molecule has 2 aromatic carbocycles. The number of anilines is 2. The van der Waals surface area contributed by atoms with Gasteiger partial charge in [-0.3, -0.25) is 14.9 Å². The molecule has 0 saturated heterocycles. The molecule has 0 aromatic heterocycles. The summed E-state index contributed by atoms with van der Waals surface area (Å²) in [4.78, 5) is 35.8. The third-order valence-corrected chi connectivity index (χ3v) is 4.19. The molecular formula is C20H22BrN3O5. The van der Waals surface area contributed by atoms with Crippen molar-refractivity contribution in [2.24, 2.45) is 0 Å². The highest BCUT2D eigenvalue weighted by Gasteiger charge is 2.08. The lowest BCUT2D eigenvalue weighted by Gasteiger charge is -2.10. The van der Waals surface area contributed by atoms with E-state index < -0.39 is 6.09 Å². The number of benzene rings is 2. The van der Waals surface area contributed by atoms with Crippen molar-refractivity contribution in [2.75, 3.05) is 37.5 Å². The van der Waals surface area contributed by atoms with Gasteiger partial charge in [0.25, 0.3) is 5.91 Å². The van der Waals surface area contributed by atoms with E-state index in [9.17, 15) is 14.4 Å². The van der Waals surface area contributed by atoms with E-state index in [0.29, 0.717) is 23.5 Å². The normalized spacial score (nSPS) is 10.1. The molecule has 0 atom stereocenters. The lowest BCUT2D eigenvalue weighted by molar-refractivity contribution is -0.116. The van der Waals surface area contributed by atoms with E-state index in [1.807, 2.05) is 0 Å². The fraction of sp³-hybridized carbons (Fsp3) is 0.250. The quantitative estimate of drug-likeness (QED) is 0.494. The standard InChI is InChI=1S/C20H22BrN3O5/c1-28-11-12-29-20(27)24-17-4-2-3-16(13-17)23-18(25)9-10-22-19(26)14-5-7-15(21)8-6-14/h2-8,13H,9-12H2,1H3,(H,22,26)(H,23,25)(H,24,27). The van der Waals surface area contributed by atoms with Gasteiger partial charge in [0.1, 0.15) is 6.61 Å². The minimum Gasteiger partial charge on any atom is -0.447 e. The average Bonchev–Trinajstić information content (AvgIpc) is 2.69. The highest BCUT2D eigenvalue weighted by molar-refractivity contribution is 9.10. The van der Waals surface area contributed by atoms with Crippen molar-refractivity contribution in [1.29, 1.82) is 0 Å². The Balaban J connectivity index is 1.76. The van der Waals surface area contributed by atoms with Gasteiger partial charge in [0.05, 0.1) is 6.61 Å². The molecule has 0 spiro atoms. The fourth-order valence-corrected chi connectivity index (χ4v) is 2.53. The predicted molar refractivity (Wildman–Crippen MR) is 113 cm³/mol. The maximum absolute atomic E-state index is 12.1. The van der Waals surface area contributed by atoms with E-state index in [-0.39, 0.29) is 31.4 Å². The number of methoxy groups -OCH3 is 1. The van der Waals surface area contributed by atoms with Crippen LogP contribution in [0.4, 0.5) is 16.2 Å². The van der Waals surface area contributed by atoms with E-state index in [1.54, 1.807) is 48.5 Å². The van der Waals surface area contributed by atoms with Crippen LogP contribution in [0, 0.1) is 0 Å². The fourth-order valence-electron chi connectivity index (χ4n) is 2.26. The second-order valence-electron chi connectivity index (χ2n) is 5.90. The molecule has 9 heteroatoms. The van der Waals surface area contributed by atoms with Crippen molar-refractivity contribution in [3.63, 3.8) is 0 Å². The number of halogens is 1. The first-order chi connectivity index (χ1) is 14.0. The minimum absolute atomic E-state index is 0.110. The third-order valence-electron chi connectivity index (χ3n) is 3.66. The highest BCUT2D eigenvalue weighted by atomic mass is 79.9. The Morgan fingerprint density at radius 2 is 1.66 bits per heavy atom. The van der Waals surface area contributed by atoms with Crippen molar-refractivity contribution in [3.05, 3.63) is 58.6 Å². The van der Waals surface area contributed by atoms with E-state index >= 15 is 0 Å².